The zero-order valence-electron chi connectivity index (χ0n) is 12.7. The molecule has 118 valence electrons. The Kier molecular flexibility index (Phi) is 3.63. The lowest BCUT2D eigenvalue weighted by atomic mass is 9.99. The molecule has 23 heavy (non-hydrogen) atoms. The van der Waals surface area contributed by atoms with E-state index in [2.05, 4.69) is 25.6 Å². The number of nitrogens with one attached hydrogen (secondary N) is 2. The van der Waals surface area contributed by atoms with Crippen molar-refractivity contribution in [2.45, 2.75) is 25.3 Å². The summed E-state index contributed by atoms with van der Waals surface area (Å²) in [5, 5.41) is 11.4. The Hall–Kier alpha value is -2.54. The topological polar surface area (TPSA) is 88.5 Å². The molecule has 1 aliphatic rings. The maximum absolute atomic E-state index is 12.3. The predicted molar refractivity (Wildman–Crippen MR) is 86.3 cm³/mol. The molecule has 1 aromatic carbocycles. The van der Waals surface area contributed by atoms with E-state index in [0.717, 1.165) is 37.3 Å². The first-order chi connectivity index (χ1) is 11.3. The van der Waals surface area contributed by atoms with Crippen molar-refractivity contribution in [3.05, 3.63) is 52.1 Å². The van der Waals surface area contributed by atoms with Gasteiger partial charge in [-0.3, -0.25) is 4.79 Å². The average molecular weight is 310 g/mol. The third-order valence-corrected chi connectivity index (χ3v) is 4.25. The molecule has 0 amide bonds. The highest BCUT2D eigenvalue weighted by Crippen LogP contribution is 2.20. The molecule has 1 fully saturated rings. The number of fused-ring (bicyclic) bond motifs is 1. The van der Waals surface area contributed by atoms with Gasteiger partial charge in [-0.15, -0.1) is 5.10 Å². The third kappa shape index (κ3) is 2.75. The SMILES string of the molecule is O=c1[nH]c([C@H]2CCCNC2)nc2c1nnn2Cc1ccccc1. The maximum Gasteiger partial charge on any atom is 0.281 e. The molecule has 0 unspecified atom stereocenters. The first-order valence-electron chi connectivity index (χ1n) is 7.89. The molecule has 1 atom stereocenters. The molecule has 0 saturated carbocycles. The fourth-order valence-electron chi connectivity index (χ4n) is 3.02. The van der Waals surface area contributed by atoms with Crippen molar-refractivity contribution < 1.29 is 0 Å². The Morgan fingerprint density at radius 3 is 2.91 bits per heavy atom. The average Bonchev–Trinajstić information content (AvgIpc) is 3.00. The number of hydrogen-bond donors (Lipinski definition) is 2. The highest BCUT2D eigenvalue weighted by atomic mass is 16.1. The highest BCUT2D eigenvalue weighted by molar-refractivity contribution is 5.68. The second kappa shape index (κ2) is 5.92. The summed E-state index contributed by atoms with van der Waals surface area (Å²) < 4.78 is 1.69. The van der Waals surface area contributed by atoms with E-state index >= 15 is 0 Å². The zero-order valence-corrected chi connectivity index (χ0v) is 12.7. The second-order valence-electron chi connectivity index (χ2n) is 5.90. The van der Waals surface area contributed by atoms with Crippen molar-refractivity contribution in [1.82, 2.24) is 30.3 Å². The van der Waals surface area contributed by atoms with Gasteiger partial charge in [-0.2, -0.15) is 0 Å². The number of nitrogens with zero attached hydrogens (tertiary/aromatic N) is 4. The minimum Gasteiger partial charge on any atom is -0.316 e. The van der Waals surface area contributed by atoms with Crippen LogP contribution < -0.4 is 10.9 Å². The largest absolute Gasteiger partial charge is 0.316 e. The van der Waals surface area contributed by atoms with Crippen LogP contribution >= 0.6 is 0 Å². The molecule has 3 heterocycles. The Morgan fingerprint density at radius 2 is 2.13 bits per heavy atom. The lowest BCUT2D eigenvalue weighted by molar-refractivity contribution is 0.446. The van der Waals surface area contributed by atoms with Crippen molar-refractivity contribution in [2.24, 2.45) is 0 Å². The number of piperidine rings is 1. The minimum absolute atomic E-state index is 0.213. The summed E-state index contributed by atoms with van der Waals surface area (Å²) in [5.41, 5.74) is 1.74. The molecule has 0 bridgehead atoms. The van der Waals surface area contributed by atoms with Gasteiger partial charge in [0.1, 0.15) is 5.82 Å². The van der Waals surface area contributed by atoms with E-state index in [0.29, 0.717) is 17.7 Å². The maximum atomic E-state index is 12.3. The predicted octanol–water partition coefficient (Wildman–Crippen LogP) is 1.03. The van der Waals surface area contributed by atoms with Gasteiger partial charge in [0, 0.05) is 12.5 Å². The molecule has 3 aromatic rings. The van der Waals surface area contributed by atoms with Crippen molar-refractivity contribution in [3.63, 3.8) is 0 Å². The Balaban J connectivity index is 1.74. The highest BCUT2D eigenvalue weighted by Gasteiger charge is 2.20. The minimum atomic E-state index is -0.213. The van der Waals surface area contributed by atoms with Gasteiger partial charge in [-0.05, 0) is 24.9 Å². The summed E-state index contributed by atoms with van der Waals surface area (Å²) in [7, 11) is 0. The third-order valence-electron chi connectivity index (χ3n) is 4.25. The van der Waals surface area contributed by atoms with Crippen molar-refractivity contribution >= 4 is 11.2 Å². The number of H-pyrrole nitrogens is 1. The molecule has 0 radical (unpaired) electrons. The summed E-state index contributed by atoms with van der Waals surface area (Å²) in [6, 6.07) is 9.97. The quantitative estimate of drug-likeness (QED) is 0.754. The van der Waals surface area contributed by atoms with Crippen LogP contribution in [0.2, 0.25) is 0 Å². The summed E-state index contributed by atoms with van der Waals surface area (Å²) in [6.45, 7) is 2.42. The van der Waals surface area contributed by atoms with E-state index < -0.39 is 0 Å². The monoisotopic (exact) mass is 310 g/mol. The van der Waals surface area contributed by atoms with Crippen LogP contribution in [0.5, 0.6) is 0 Å². The van der Waals surface area contributed by atoms with Crippen LogP contribution in [0.4, 0.5) is 0 Å². The fourth-order valence-corrected chi connectivity index (χ4v) is 3.02. The number of rotatable bonds is 3. The molecule has 7 heteroatoms. The standard InChI is InChI=1S/C16H18N6O/c23-16-13-15(18-14(19-16)12-7-4-8-17-9-12)22(21-20-13)10-11-5-2-1-3-6-11/h1-3,5-6,12,17H,4,7-10H2,(H,18,19,23)/t12-/m0/s1. The van der Waals surface area contributed by atoms with E-state index in [9.17, 15) is 4.79 Å². The number of aromatic amines is 1. The fraction of sp³-hybridized carbons (Fsp3) is 0.375. The number of aromatic nitrogens is 5. The zero-order chi connectivity index (χ0) is 15.6. The van der Waals surface area contributed by atoms with Crippen LogP contribution in [0.3, 0.4) is 0 Å². The van der Waals surface area contributed by atoms with Crippen LogP contribution in [-0.4, -0.2) is 38.1 Å². The smallest absolute Gasteiger partial charge is 0.281 e. The first-order valence-corrected chi connectivity index (χ1v) is 7.89. The normalized spacial score (nSPS) is 18.3. The Labute approximate surface area is 132 Å². The van der Waals surface area contributed by atoms with Gasteiger partial charge in [0.15, 0.2) is 11.2 Å². The summed E-state index contributed by atoms with van der Waals surface area (Å²) in [6.07, 6.45) is 2.12. The van der Waals surface area contributed by atoms with E-state index in [1.165, 1.54) is 0 Å². The Bertz CT molecular complexity index is 863. The lowest BCUT2D eigenvalue weighted by Crippen LogP contribution is -2.30. The summed E-state index contributed by atoms with van der Waals surface area (Å²) in [5.74, 6) is 0.965. The molecular weight excluding hydrogens is 292 g/mol. The van der Waals surface area contributed by atoms with Gasteiger partial charge in [-0.25, -0.2) is 9.67 Å². The van der Waals surface area contributed by atoms with Crippen LogP contribution in [0.15, 0.2) is 35.1 Å². The van der Waals surface area contributed by atoms with Crippen molar-refractivity contribution in [3.8, 4) is 0 Å². The number of hydrogen-bond acceptors (Lipinski definition) is 5. The second-order valence-corrected chi connectivity index (χ2v) is 5.90. The van der Waals surface area contributed by atoms with Crippen molar-refractivity contribution in [1.29, 1.82) is 0 Å². The van der Waals surface area contributed by atoms with E-state index in [1.807, 2.05) is 30.3 Å². The van der Waals surface area contributed by atoms with Crippen LogP contribution in [0.25, 0.3) is 11.2 Å². The molecule has 2 N–H and O–H groups in total. The molecule has 7 nitrogen and oxygen atoms in total. The van der Waals surface area contributed by atoms with Crippen LogP contribution in [-0.2, 0) is 6.54 Å². The Morgan fingerprint density at radius 1 is 1.26 bits per heavy atom. The molecule has 2 aromatic heterocycles. The van der Waals surface area contributed by atoms with Gasteiger partial charge in [0.2, 0.25) is 0 Å². The molecule has 1 saturated heterocycles. The molecule has 0 spiro atoms. The summed E-state index contributed by atoms with van der Waals surface area (Å²) >= 11 is 0. The van der Waals surface area contributed by atoms with Gasteiger partial charge in [-0.1, -0.05) is 35.5 Å². The molecule has 4 rings (SSSR count). The van der Waals surface area contributed by atoms with Crippen LogP contribution in [0.1, 0.15) is 30.1 Å². The van der Waals surface area contributed by atoms with E-state index in [4.69, 9.17) is 0 Å². The first kappa shape index (κ1) is 14.1. The molecule has 0 aliphatic carbocycles. The van der Waals surface area contributed by atoms with Gasteiger partial charge >= 0.3 is 0 Å². The van der Waals surface area contributed by atoms with Gasteiger partial charge < -0.3 is 10.3 Å². The van der Waals surface area contributed by atoms with Gasteiger partial charge in [0.25, 0.3) is 5.56 Å². The number of benzene rings is 1. The van der Waals surface area contributed by atoms with E-state index in [-0.39, 0.29) is 11.5 Å². The van der Waals surface area contributed by atoms with Crippen LogP contribution in [0, 0.1) is 0 Å². The van der Waals surface area contributed by atoms with Gasteiger partial charge in [0.05, 0.1) is 6.54 Å². The summed E-state index contributed by atoms with van der Waals surface area (Å²) in [4.78, 5) is 19.8. The van der Waals surface area contributed by atoms with E-state index in [1.54, 1.807) is 4.68 Å². The lowest BCUT2D eigenvalue weighted by Gasteiger charge is -2.21. The molecule has 1 aliphatic heterocycles. The van der Waals surface area contributed by atoms with Crippen molar-refractivity contribution in [2.75, 3.05) is 13.1 Å². The molecular formula is C16H18N6O.